The highest BCUT2D eigenvalue weighted by Gasteiger charge is 2.22. The molecule has 0 spiro atoms. The molecule has 0 heterocycles. The molecule has 0 fully saturated rings. The highest BCUT2D eigenvalue weighted by atomic mass is 19.1. The van der Waals surface area contributed by atoms with Crippen molar-refractivity contribution in [1.29, 1.82) is 0 Å². The van der Waals surface area contributed by atoms with E-state index in [2.05, 4.69) is 0 Å². The van der Waals surface area contributed by atoms with E-state index in [9.17, 15) is 9.18 Å². The zero-order chi connectivity index (χ0) is 12.3. The fraction of sp³-hybridized carbons (Fsp3) is 0.300. The number of nitrogens with zero attached hydrogens (tertiary/aromatic N) is 1. The summed E-state index contributed by atoms with van der Waals surface area (Å²) in [5, 5.41) is 17.8. The number of carbonyl (C=O) groups excluding carboxylic acids is 1. The van der Waals surface area contributed by atoms with Crippen molar-refractivity contribution in [2.45, 2.75) is 6.92 Å². The molecule has 4 nitrogen and oxygen atoms in total. The van der Waals surface area contributed by atoms with Crippen LogP contribution in [0.15, 0.2) is 18.2 Å². The summed E-state index contributed by atoms with van der Waals surface area (Å²) >= 11 is 0. The lowest BCUT2D eigenvalue weighted by molar-refractivity contribution is 0.0798. The molecule has 0 aliphatic rings. The van der Waals surface area contributed by atoms with Gasteiger partial charge in [-0.3, -0.25) is 4.79 Å². The van der Waals surface area contributed by atoms with Crippen molar-refractivity contribution < 1.29 is 19.2 Å². The molecule has 1 aromatic carbocycles. The van der Waals surface area contributed by atoms with Crippen molar-refractivity contribution in [2.75, 3.05) is 13.6 Å². The van der Waals surface area contributed by atoms with E-state index >= 15 is 0 Å². The van der Waals surface area contributed by atoms with Crippen molar-refractivity contribution >= 4 is 18.5 Å². The van der Waals surface area contributed by atoms with E-state index in [0.29, 0.717) is 6.54 Å². The molecule has 1 amide bonds. The highest BCUT2D eigenvalue weighted by Crippen LogP contribution is 2.08. The molecule has 0 aromatic heterocycles. The number of halogens is 1. The Bertz CT molecular complexity index is 398. The Morgan fingerprint density at radius 1 is 1.50 bits per heavy atom. The van der Waals surface area contributed by atoms with Gasteiger partial charge < -0.3 is 14.9 Å². The Morgan fingerprint density at radius 2 is 2.12 bits per heavy atom. The maximum atomic E-state index is 13.7. The summed E-state index contributed by atoms with van der Waals surface area (Å²) in [4.78, 5) is 13.0. The maximum Gasteiger partial charge on any atom is 0.491 e. The minimum Gasteiger partial charge on any atom is -0.423 e. The van der Waals surface area contributed by atoms with Gasteiger partial charge >= 0.3 is 7.12 Å². The second-order valence-electron chi connectivity index (χ2n) is 3.40. The van der Waals surface area contributed by atoms with E-state index in [1.54, 1.807) is 14.0 Å². The van der Waals surface area contributed by atoms with Crippen LogP contribution in [0, 0.1) is 5.82 Å². The quantitative estimate of drug-likeness (QED) is 0.688. The number of amides is 1. The lowest BCUT2D eigenvalue weighted by atomic mass is 9.79. The molecule has 0 radical (unpaired) electrons. The van der Waals surface area contributed by atoms with Crippen molar-refractivity contribution in [3.63, 3.8) is 0 Å². The molecule has 0 unspecified atom stereocenters. The van der Waals surface area contributed by atoms with Crippen LogP contribution in [-0.2, 0) is 0 Å². The third-order valence-electron chi connectivity index (χ3n) is 2.36. The zero-order valence-electron chi connectivity index (χ0n) is 9.14. The standard InChI is InChI=1S/C10H13BFNO3/c1-3-13(2)10(14)7-5-4-6-8(9(7)12)11(15)16/h4-6,15-16H,3H2,1-2H3. The van der Waals surface area contributed by atoms with Crippen molar-refractivity contribution in [1.82, 2.24) is 4.90 Å². The number of hydrogen-bond acceptors (Lipinski definition) is 3. The van der Waals surface area contributed by atoms with Crippen molar-refractivity contribution in [3.8, 4) is 0 Å². The molecule has 1 aromatic rings. The molecule has 0 atom stereocenters. The van der Waals surface area contributed by atoms with E-state index in [1.165, 1.54) is 23.1 Å². The second-order valence-corrected chi connectivity index (χ2v) is 3.40. The molecule has 1 rings (SSSR count). The van der Waals surface area contributed by atoms with Crippen molar-refractivity contribution in [2.24, 2.45) is 0 Å². The zero-order valence-corrected chi connectivity index (χ0v) is 9.14. The monoisotopic (exact) mass is 225 g/mol. The first-order chi connectivity index (χ1) is 7.49. The molecule has 0 aliphatic heterocycles. The lowest BCUT2D eigenvalue weighted by Gasteiger charge is -2.15. The Hall–Kier alpha value is -1.40. The summed E-state index contributed by atoms with van der Waals surface area (Å²) < 4.78 is 13.7. The molecule has 2 N–H and O–H groups in total. The molecule has 0 saturated heterocycles. The van der Waals surface area contributed by atoms with Crippen LogP contribution < -0.4 is 5.46 Å². The van der Waals surface area contributed by atoms with E-state index in [0.717, 1.165) is 0 Å². The van der Waals surface area contributed by atoms with Gasteiger partial charge in [-0.15, -0.1) is 0 Å². The lowest BCUT2D eigenvalue weighted by Crippen LogP contribution is -2.36. The highest BCUT2D eigenvalue weighted by molar-refractivity contribution is 6.58. The summed E-state index contributed by atoms with van der Waals surface area (Å²) in [7, 11) is -0.372. The normalized spacial score (nSPS) is 10.1. The second kappa shape index (κ2) is 5.09. The Labute approximate surface area is 93.5 Å². The van der Waals surface area contributed by atoms with Crippen LogP contribution >= 0.6 is 0 Å². The van der Waals surface area contributed by atoms with Gasteiger partial charge in [-0.25, -0.2) is 4.39 Å². The van der Waals surface area contributed by atoms with Gasteiger partial charge in [0.05, 0.1) is 5.56 Å². The van der Waals surface area contributed by atoms with Crippen LogP contribution in [-0.4, -0.2) is 41.6 Å². The minimum atomic E-state index is -1.92. The summed E-state index contributed by atoms with van der Waals surface area (Å²) in [6, 6.07) is 3.95. The molecule has 0 aliphatic carbocycles. The van der Waals surface area contributed by atoms with E-state index in [4.69, 9.17) is 10.0 Å². The van der Waals surface area contributed by atoms with Gasteiger partial charge in [0.25, 0.3) is 5.91 Å². The van der Waals surface area contributed by atoms with Crippen LogP contribution in [0.25, 0.3) is 0 Å². The average Bonchev–Trinajstić information content (AvgIpc) is 2.27. The van der Waals surface area contributed by atoms with Crippen LogP contribution in [0.1, 0.15) is 17.3 Å². The predicted octanol–water partition coefficient (Wildman–Crippen LogP) is -0.403. The fourth-order valence-corrected chi connectivity index (χ4v) is 1.26. The van der Waals surface area contributed by atoms with Gasteiger partial charge in [-0.1, -0.05) is 12.1 Å². The van der Waals surface area contributed by atoms with Crippen LogP contribution in [0.3, 0.4) is 0 Å². The molecule has 16 heavy (non-hydrogen) atoms. The molecule has 0 bridgehead atoms. The number of carbonyl (C=O) groups is 1. The molecular weight excluding hydrogens is 212 g/mol. The third-order valence-corrected chi connectivity index (χ3v) is 2.36. The average molecular weight is 225 g/mol. The number of hydrogen-bond donors (Lipinski definition) is 2. The van der Waals surface area contributed by atoms with E-state index < -0.39 is 18.8 Å². The summed E-state index contributed by atoms with van der Waals surface area (Å²) in [6.45, 7) is 2.21. The van der Waals surface area contributed by atoms with Gasteiger partial charge in [0.15, 0.2) is 0 Å². The first-order valence-electron chi connectivity index (χ1n) is 4.89. The molecule has 6 heteroatoms. The van der Waals surface area contributed by atoms with Gasteiger partial charge in [0.1, 0.15) is 5.82 Å². The van der Waals surface area contributed by atoms with Gasteiger partial charge in [0.2, 0.25) is 0 Å². The topological polar surface area (TPSA) is 60.8 Å². The first kappa shape index (κ1) is 12.7. The van der Waals surface area contributed by atoms with Gasteiger partial charge in [-0.05, 0) is 13.0 Å². The minimum absolute atomic E-state index is 0.157. The predicted molar refractivity (Wildman–Crippen MR) is 58.9 cm³/mol. The van der Waals surface area contributed by atoms with E-state index in [-0.39, 0.29) is 11.0 Å². The van der Waals surface area contributed by atoms with Crippen LogP contribution in [0.5, 0.6) is 0 Å². The molecule has 0 saturated carbocycles. The summed E-state index contributed by atoms with van der Waals surface area (Å²) in [5.74, 6) is -1.37. The number of benzene rings is 1. The fourth-order valence-electron chi connectivity index (χ4n) is 1.26. The number of rotatable bonds is 3. The van der Waals surface area contributed by atoms with Crippen LogP contribution in [0.4, 0.5) is 4.39 Å². The smallest absolute Gasteiger partial charge is 0.423 e. The third kappa shape index (κ3) is 2.40. The first-order valence-corrected chi connectivity index (χ1v) is 4.89. The van der Waals surface area contributed by atoms with Gasteiger partial charge in [-0.2, -0.15) is 0 Å². The van der Waals surface area contributed by atoms with Gasteiger partial charge in [0, 0.05) is 19.1 Å². The Balaban J connectivity index is 3.15. The van der Waals surface area contributed by atoms with Crippen molar-refractivity contribution in [3.05, 3.63) is 29.6 Å². The maximum absolute atomic E-state index is 13.7. The Morgan fingerprint density at radius 3 is 2.62 bits per heavy atom. The van der Waals surface area contributed by atoms with E-state index in [1.807, 2.05) is 0 Å². The molecule has 86 valence electrons. The molecular formula is C10H13BFNO3. The summed E-state index contributed by atoms with van der Waals surface area (Å²) in [5.41, 5.74) is -0.453. The Kier molecular flexibility index (Phi) is 4.03. The summed E-state index contributed by atoms with van der Waals surface area (Å²) in [6.07, 6.45) is 0. The SMILES string of the molecule is CCN(C)C(=O)c1cccc(B(O)O)c1F. The van der Waals surface area contributed by atoms with Crippen LogP contribution in [0.2, 0.25) is 0 Å². The largest absolute Gasteiger partial charge is 0.491 e.